The van der Waals surface area contributed by atoms with Crippen LogP contribution >= 0.6 is 0 Å². The second-order valence-electron chi connectivity index (χ2n) is 6.51. The first-order valence-electron chi connectivity index (χ1n) is 8.92. The van der Waals surface area contributed by atoms with Crippen molar-refractivity contribution in [1.29, 1.82) is 0 Å². The fourth-order valence-electron chi connectivity index (χ4n) is 2.71. The van der Waals surface area contributed by atoms with Crippen LogP contribution in [0, 0.1) is 17.8 Å². The minimum atomic E-state index is 0.223. The van der Waals surface area contributed by atoms with E-state index in [0.717, 1.165) is 16.7 Å². The van der Waals surface area contributed by atoms with Crippen molar-refractivity contribution >= 4 is 16.6 Å². The second-order valence-corrected chi connectivity index (χ2v) is 6.51. The number of fused-ring (bicyclic) bond motifs is 2. The predicted octanol–water partition coefficient (Wildman–Crippen LogP) is 3.27. The van der Waals surface area contributed by atoms with E-state index >= 15 is 0 Å². The van der Waals surface area contributed by atoms with E-state index in [-0.39, 0.29) is 12.5 Å². The number of aromatic nitrogens is 5. The van der Waals surface area contributed by atoms with Gasteiger partial charge in [0.1, 0.15) is 23.8 Å². The average molecular weight is 373 g/mol. The Bertz CT molecular complexity index is 1200. The summed E-state index contributed by atoms with van der Waals surface area (Å²) in [5.41, 5.74) is 2.12. The lowest BCUT2D eigenvalue weighted by molar-refractivity contribution is 0.296. The molecule has 7 heteroatoms. The normalized spacial score (nSPS) is 10.9. The topological polar surface area (TPSA) is 74.4 Å². The van der Waals surface area contributed by atoms with Crippen LogP contribution in [-0.2, 0) is 6.61 Å². The van der Waals surface area contributed by atoms with Gasteiger partial charge >= 0.3 is 0 Å². The number of hydrogen-bond acceptors (Lipinski definition) is 6. The molecule has 0 aliphatic carbocycles. The van der Waals surface area contributed by atoms with Gasteiger partial charge in [-0.15, -0.1) is 10.2 Å². The van der Waals surface area contributed by atoms with Crippen molar-refractivity contribution in [3.05, 3.63) is 54.1 Å². The molecule has 1 aromatic carbocycles. The van der Waals surface area contributed by atoms with Gasteiger partial charge in [-0.25, -0.2) is 0 Å². The van der Waals surface area contributed by atoms with Crippen LogP contribution < -0.4 is 9.47 Å². The van der Waals surface area contributed by atoms with Crippen LogP contribution in [-0.4, -0.2) is 31.9 Å². The summed E-state index contributed by atoms with van der Waals surface area (Å²) in [5.74, 6) is 8.51. The smallest absolute Gasteiger partial charge is 0.192 e. The number of hydrogen-bond donors (Lipinski definition) is 0. The van der Waals surface area contributed by atoms with E-state index in [9.17, 15) is 0 Å². The molecule has 7 nitrogen and oxygen atoms in total. The summed E-state index contributed by atoms with van der Waals surface area (Å²) in [6.45, 7) is 4.30. The lowest BCUT2D eigenvalue weighted by atomic mass is 10.2. The molecule has 0 amide bonds. The van der Waals surface area contributed by atoms with E-state index < -0.39 is 0 Å². The Balaban J connectivity index is 1.62. The Labute approximate surface area is 162 Å². The van der Waals surface area contributed by atoms with Crippen LogP contribution in [0.1, 0.15) is 25.4 Å². The van der Waals surface area contributed by atoms with Crippen LogP contribution in [0.15, 0.2) is 42.6 Å². The first kappa shape index (κ1) is 17.7. The highest BCUT2D eigenvalue weighted by Gasteiger charge is 2.10. The molecule has 4 rings (SSSR count). The lowest BCUT2D eigenvalue weighted by Crippen LogP contribution is -2.05. The van der Waals surface area contributed by atoms with Crippen molar-refractivity contribution in [1.82, 2.24) is 24.8 Å². The summed E-state index contributed by atoms with van der Waals surface area (Å²) in [7, 11) is 1.63. The molecule has 0 N–H and O–H groups in total. The second kappa shape index (κ2) is 7.53. The van der Waals surface area contributed by atoms with Crippen molar-refractivity contribution in [2.24, 2.45) is 5.92 Å². The molecule has 140 valence electrons. The molecule has 28 heavy (non-hydrogen) atoms. The van der Waals surface area contributed by atoms with Gasteiger partial charge in [0.15, 0.2) is 11.5 Å². The van der Waals surface area contributed by atoms with Gasteiger partial charge in [-0.05, 0) is 36.3 Å². The van der Waals surface area contributed by atoms with Crippen molar-refractivity contribution in [2.45, 2.75) is 20.5 Å². The Morgan fingerprint density at radius 2 is 2.00 bits per heavy atom. The quantitative estimate of drug-likeness (QED) is 0.511. The van der Waals surface area contributed by atoms with Crippen molar-refractivity contribution < 1.29 is 9.47 Å². The molecule has 0 atom stereocenters. The third-order valence-corrected chi connectivity index (χ3v) is 4.08. The summed E-state index contributed by atoms with van der Waals surface area (Å²) in [4.78, 5) is 4.37. The molecule has 0 bridgehead atoms. The van der Waals surface area contributed by atoms with Crippen molar-refractivity contribution in [3.8, 4) is 23.3 Å². The van der Waals surface area contributed by atoms with Gasteiger partial charge in [0, 0.05) is 23.6 Å². The maximum atomic E-state index is 6.00. The molecule has 0 unspecified atom stereocenters. The molecule has 0 saturated heterocycles. The first-order valence-corrected chi connectivity index (χ1v) is 8.92. The van der Waals surface area contributed by atoms with Crippen molar-refractivity contribution in [2.75, 3.05) is 7.11 Å². The number of benzene rings is 1. The summed E-state index contributed by atoms with van der Waals surface area (Å²) in [6.07, 6.45) is 1.71. The molecule has 0 saturated carbocycles. The molecular weight excluding hydrogens is 354 g/mol. The highest BCUT2D eigenvalue weighted by Crippen LogP contribution is 2.27. The van der Waals surface area contributed by atoms with Crippen molar-refractivity contribution in [3.63, 3.8) is 0 Å². The molecule has 0 aliphatic rings. The molecule has 3 heterocycles. The first-order chi connectivity index (χ1) is 13.6. The zero-order valence-electron chi connectivity index (χ0n) is 15.9. The summed E-state index contributed by atoms with van der Waals surface area (Å²) in [5, 5.41) is 13.8. The maximum Gasteiger partial charge on any atom is 0.192 e. The van der Waals surface area contributed by atoms with Crippen LogP contribution in [0.5, 0.6) is 11.5 Å². The van der Waals surface area contributed by atoms with Crippen LogP contribution in [0.4, 0.5) is 0 Å². The Morgan fingerprint density at radius 3 is 2.82 bits per heavy atom. The highest BCUT2D eigenvalue weighted by atomic mass is 16.5. The molecule has 0 radical (unpaired) electrons. The van der Waals surface area contributed by atoms with Crippen LogP contribution in [0.2, 0.25) is 0 Å². The third-order valence-electron chi connectivity index (χ3n) is 4.08. The summed E-state index contributed by atoms with van der Waals surface area (Å²) in [6, 6.07) is 11.2. The number of rotatable bonds is 4. The lowest BCUT2D eigenvalue weighted by Gasteiger charge is -2.09. The largest absolute Gasteiger partial charge is 0.497 e. The monoisotopic (exact) mass is 373 g/mol. The number of methoxy groups -OCH3 is 1. The number of pyridine rings is 1. The molecule has 3 aromatic heterocycles. The standard InChI is InChI=1S/C21H19N5O2/c1-14(2)4-5-15-6-9-20-23-24-21(26(20)25-15)13-28-19-10-11-22-18-12-16(27-3)7-8-17(18)19/h6-12,14H,13H2,1-3H3. The minimum absolute atomic E-state index is 0.223. The Morgan fingerprint density at radius 1 is 1.11 bits per heavy atom. The SMILES string of the molecule is COc1ccc2c(OCc3nnc4ccc(C#CC(C)C)nn34)ccnc2c1. The van der Waals surface area contributed by atoms with Gasteiger partial charge < -0.3 is 9.47 Å². The fourth-order valence-corrected chi connectivity index (χ4v) is 2.71. The van der Waals surface area contributed by atoms with Crippen LogP contribution in [0.25, 0.3) is 16.6 Å². The van der Waals surface area contributed by atoms with E-state index in [2.05, 4.69) is 32.1 Å². The van der Waals surface area contributed by atoms with Gasteiger partial charge in [-0.3, -0.25) is 4.98 Å². The van der Waals surface area contributed by atoms with Gasteiger partial charge in [0.05, 0.1) is 12.6 Å². The molecular formula is C21H19N5O2. The molecule has 0 fully saturated rings. The zero-order chi connectivity index (χ0) is 19.5. The minimum Gasteiger partial charge on any atom is -0.497 e. The molecule has 4 aromatic rings. The van der Waals surface area contributed by atoms with E-state index in [1.807, 2.05) is 50.2 Å². The van der Waals surface area contributed by atoms with E-state index in [4.69, 9.17) is 9.47 Å². The highest BCUT2D eigenvalue weighted by molar-refractivity contribution is 5.85. The fraction of sp³-hybridized carbons (Fsp3) is 0.238. The van der Waals surface area contributed by atoms with Gasteiger partial charge in [-0.1, -0.05) is 19.8 Å². The van der Waals surface area contributed by atoms with Gasteiger partial charge in [-0.2, -0.15) is 9.61 Å². The Hall–Kier alpha value is -3.66. The number of nitrogens with zero attached hydrogens (tertiary/aromatic N) is 5. The van der Waals surface area contributed by atoms with E-state index in [1.54, 1.807) is 17.8 Å². The van der Waals surface area contributed by atoms with Gasteiger partial charge in [0.25, 0.3) is 0 Å². The molecule has 0 aliphatic heterocycles. The Kier molecular flexibility index (Phi) is 4.77. The maximum absolute atomic E-state index is 6.00. The zero-order valence-corrected chi connectivity index (χ0v) is 15.9. The summed E-state index contributed by atoms with van der Waals surface area (Å²) < 4.78 is 12.9. The van der Waals surface area contributed by atoms with E-state index in [0.29, 0.717) is 22.9 Å². The van der Waals surface area contributed by atoms with Crippen LogP contribution in [0.3, 0.4) is 0 Å². The average Bonchev–Trinajstić information content (AvgIpc) is 3.12. The van der Waals surface area contributed by atoms with Gasteiger partial charge in [0.2, 0.25) is 0 Å². The molecule has 0 spiro atoms. The predicted molar refractivity (Wildman–Crippen MR) is 105 cm³/mol. The van der Waals surface area contributed by atoms with E-state index in [1.165, 1.54) is 0 Å². The summed E-state index contributed by atoms with van der Waals surface area (Å²) >= 11 is 0. The third kappa shape index (κ3) is 3.58. The number of ether oxygens (including phenoxy) is 2.